The third-order valence-electron chi connectivity index (χ3n) is 5.18. The molecule has 0 unspecified atom stereocenters. The van der Waals surface area contributed by atoms with Gasteiger partial charge in [-0.05, 0) is 36.8 Å². The number of aromatic hydroxyl groups is 1. The monoisotopic (exact) mass is 455 g/mol. The number of hydrogen-bond donors (Lipinski definition) is 2. The van der Waals surface area contributed by atoms with Crippen LogP contribution in [0.15, 0.2) is 47.3 Å². The Labute approximate surface area is 188 Å². The van der Waals surface area contributed by atoms with Crippen LogP contribution in [-0.4, -0.2) is 20.6 Å². The number of amides is 1. The van der Waals surface area contributed by atoms with Gasteiger partial charge in [0.25, 0.3) is 11.5 Å². The number of unbranched alkanes of at least 4 members (excludes halogenated alkanes) is 3. The molecular weight excluding hydrogens is 434 g/mol. The van der Waals surface area contributed by atoms with Crippen molar-refractivity contribution in [2.24, 2.45) is 0 Å². The van der Waals surface area contributed by atoms with Crippen molar-refractivity contribution < 1.29 is 9.90 Å². The molecule has 0 aliphatic heterocycles. The highest BCUT2D eigenvalue weighted by Gasteiger charge is 2.23. The van der Waals surface area contributed by atoms with Gasteiger partial charge in [0.1, 0.15) is 11.3 Å². The number of para-hydroxylation sites is 1. The number of aromatic nitrogens is 2. The van der Waals surface area contributed by atoms with Crippen LogP contribution in [0.3, 0.4) is 0 Å². The van der Waals surface area contributed by atoms with E-state index in [1.165, 1.54) is 11.3 Å². The Kier molecular flexibility index (Phi) is 6.25. The normalized spacial score (nSPS) is 11.3. The fourth-order valence-corrected chi connectivity index (χ4v) is 4.76. The number of carbonyl (C=O) groups is 1. The molecule has 6 nitrogen and oxygen atoms in total. The molecule has 0 radical (unpaired) electrons. The molecule has 160 valence electrons. The number of pyridine rings is 1. The van der Waals surface area contributed by atoms with E-state index >= 15 is 0 Å². The zero-order valence-electron chi connectivity index (χ0n) is 17.0. The summed E-state index contributed by atoms with van der Waals surface area (Å²) in [5.41, 5.74) is 0.536. The zero-order valence-corrected chi connectivity index (χ0v) is 18.6. The first-order valence-corrected chi connectivity index (χ1v) is 11.4. The number of hydrogen-bond acceptors (Lipinski definition) is 5. The van der Waals surface area contributed by atoms with Crippen molar-refractivity contribution in [3.05, 3.63) is 63.4 Å². The van der Waals surface area contributed by atoms with E-state index in [1.807, 2.05) is 6.07 Å². The maximum absolute atomic E-state index is 13.2. The van der Waals surface area contributed by atoms with Gasteiger partial charge >= 0.3 is 0 Å². The Balaban J connectivity index is 1.72. The van der Waals surface area contributed by atoms with E-state index in [-0.39, 0.29) is 11.3 Å². The molecule has 4 rings (SSSR count). The standard InChI is InChI=1S/C23H22ClN3O3S/c1-2-3-4-7-12-27-17-9-6-5-8-15(17)20(28)19(22(27)30)21(29)26-23-25-16-11-10-14(24)13-18(16)31-23/h5-6,8-11,13,28H,2-4,7,12H2,1H3,(H,25,26,29). The summed E-state index contributed by atoms with van der Waals surface area (Å²) in [5, 5.41) is 14.8. The number of halogens is 1. The lowest BCUT2D eigenvalue weighted by Gasteiger charge is -2.14. The van der Waals surface area contributed by atoms with Gasteiger partial charge in [-0.3, -0.25) is 14.9 Å². The lowest BCUT2D eigenvalue weighted by Crippen LogP contribution is -2.30. The van der Waals surface area contributed by atoms with Gasteiger partial charge in [-0.15, -0.1) is 0 Å². The van der Waals surface area contributed by atoms with E-state index in [1.54, 1.807) is 41.0 Å². The van der Waals surface area contributed by atoms with E-state index in [0.717, 1.165) is 30.4 Å². The smallest absolute Gasteiger partial charge is 0.267 e. The first-order valence-electron chi connectivity index (χ1n) is 10.2. The van der Waals surface area contributed by atoms with E-state index in [0.29, 0.717) is 33.1 Å². The van der Waals surface area contributed by atoms with Crippen molar-refractivity contribution in [1.82, 2.24) is 9.55 Å². The fourth-order valence-electron chi connectivity index (χ4n) is 3.62. The second kappa shape index (κ2) is 9.08. The highest BCUT2D eigenvalue weighted by Crippen LogP contribution is 2.30. The van der Waals surface area contributed by atoms with Gasteiger partial charge in [-0.25, -0.2) is 4.98 Å². The number of rotatable bonds is 7. The number of nitrogens with zero attached hydrogens (tertiary/aromatic N) is 2. The highest BCUT2D eigenvalue weighted by atomic mass is 35.5. The van der Waals surface area contributed by atoms with Crippen LogP contribution in [0.4, 0.5) is 5.13 Å². The van der Waals surface area contributed by atoms with Crippen LogP contribution in [0, 0.1) is 0 Å². The quantitative estimate of drug-likeness (QED) is 0.345. The van der Waals surface area contributed by atoms with Gasteiger partial charge in [-0.2, -0.15) is 0 Å². The second-order valence-corrected chi connectivity index (χ2v) is 8.81. The van der Waals surface area contributed by atoms with Crippen molar-refractivity contribution in [2.45, 2.75) is 39.2 Å². The number of nitrogens with one attached hydrogen (secondary N) is 1. The van der Waals surface area contributed by atoms with Crippen LogP contribution in [0.25, 0.3) is 21.1 Å². The van der Waals surface area contributed by atoms with Crippen molar-refractivity contribution in [3.63, 3.8) is 0 Å². The third kappa shape index (κ3) is 4.29. The largest absolute Gasteiger partial charge is 0.506 e. The number of aryl methyl sites for hydroxylation is 1. The molecule has 0 aliphatic rings. The van der Waals surface area contributed by atoms with Crippen LogP contribution >= 0.6 is 22.9 Å². The molecular formula is C23H22ClN3O3S. The Morgan fingerprint density at radius 2 is 2.00 bits per heavy atom. The maximum Gasteiger partial charge on any atom is 0.267 e. The molecule has 0 atom stereocenters. The van der Waals surface area contributed by atoms with E-state index in [2.05, 4.69) is 17.2 Å². The average molecular weight is 456 g/mol. The molecule has 4 aromatic rings. The molecule has 2 N–H and O–H groups in total. The Morgan fingerprint density at radius 3 is 2.81 bits per heavy atom. The molecule has 2 heterocycles. The molecule has 0 saturated heterocycles. The summed E-state index contributed by atoms with van der Waals surface area (Å²) < 4.78 is 2.40. The molecule has 0 fully saturated rings. The first-order chi connectivity index (χ1) is 15.0. The Hall–Kier alpha value is -2.90. The highest BCUT2D eigenvalue weighted by molar-refractivity contribution is 7.22. The van der Waals surface area contributed by atoms with E-state index in [4.69, 9.17) is 11.6 Å². The molecule has 0 bridgehead atoms. The SMILES string of the molecule is CCCCCCn1c(=O)c(C(=O)Nc2nc3ccc(Cl)cc3s2)c(O)c2ccccc21. The minimum atomic E-state index is -0.680. The fraction of sp³-hybridized carbons (Fsp3) is 0.261. The van der Waals surface area contributed by atoms with Crippen LogP contribution in [0.1, 0.15) is 43.0 Å². The van der Waals surface area contributed by atoms with Gasteiger partial charge in [0.05, 0.1) is 15.7 Å². The van der Waals surface area contributed by atoms with Gasteiger partial charge < -0.3 is 9.67 Å². The maximum atomic E-state index is 13.2. The average Bonchev–Trinajstić information content (AvgIpc) is 3.14. The topological polar surface area (TPSA) is 84.2 Å². The van der Waals surface area contributed by atoms with Crippen molar-refractivity contribution in [2.75, 3.05) is 5.32 Å². The summed E-state index contributed by atoms with van der Waals surface area (Å²) in [6.45, 7) is 2.61. The van der Waals surface area contributed by atoms with Crippen molar-refractivity contribution in [3.8, 4) is 5.75 Å². The van der Waals surface area contributed by atoms with Crippen molar-refractivity contribution >= 4 is 55.1 Å². The van der Waals surface area contributed by atoms with Gasteiger partial charge in [0.15, 0.2) is 5.13 Å². The Morgan fingerprint density at radius 1 is 1.19 bits per heavy atom. The minimum Gasteiger partial charge on any atom is -0.506 e. The predicted molar refractivity (Wildman–Crippen MR) is 127 cm³/mol. The summed E-state index contributed by atoms with van der Waals surface area (Å²) in [6.07, 6.45) is 3.99. The predicted octanol–water partition coefficient (Wildman–Crippen LogP) is 5.80. The Bertz CT molecular complexity index is 1330. The molecule has 1 amide bonds. The third-order valence-corrected chi connectivity index (χ3v) is 6.35. The number of thiazole rings is 1. The summed E-state index contributed by atoms with van der Waals surface area (Å²) in [7, 11) is 0. The minimum absolute atomic E-state index is 0.272. The number of fused-ring (bicyclic) bond motifs is 2. The van der Waals surface area contributed by atoms with Gasteiger partial charge in [0, 0.05) is 17.0 Å². The summed E-state index contributed by atoms with van der Waals surface area (Å²) in [6, 6.07) is 12.3. The summed E-state index contributed by atoms with van der Waals surface area (Å²) >= 11 is 7.28. The van der Waals surface area contributed by atoms with Crippen LogP contribution in [0.2, 0.25) is 5.02 Å². The molecule has 31 heavy (non-hydrogen) atoms. The molecule has 2 aromatic heterocycles. The lowest BCUT2D eigenvalue weighted by atomic mass is 10.1. The molecule has 2 aromatic carbocycles. The number of benzene rings is 2. The molecule has 0 spiro atoms. The van der Waals surface area contributed by atoms with E-state index in [9.17, 15) is 14.7 Å². The number of carbonyl (C=O) groups excluding carboxylic acids is 1. The second-order valence-electron chi connectivity index (χ2n) is 7.34. The van der Waals surface area contributed by atoms with Crippen LogP contribution < -0.4 is 10.9 Å². The van der Waals surface area contributed by atoms with Gasteiger partial charge in [0.2, 0.25) is 0 Å². The van der Waals surface area contributed by atoms with Crippen LogP contribution in [0.5, 0.6) is 5.75 Å². The van der Waals surface area contributed by atoms with E-state index < -0.39 is 11.5 Å². The first kappa shape index (κ1) is 21.3. The molecule has 0 aliphatic carbocycles. The molecule has 0 saturated carbocycles. The lowest BCUT2D eigenvalue weighted by molar-refractivity contribution is 0.102. The van der Waals surface area contributed by atoms with Crippen molar-refractivity contribution in [1.29, 1.82) is 0 Å². The number of anilines is 1. The van der Waals surface area contributed by atoms with Gasteiger partial charge in [-0.1, -0.05) is 61.3 Å². The summed E-state index contributed by atoms with van der Waals surface area (Å²) in [5.74, 6) is -0.993. The zero-order chi connectivity index (χ0) is 22.0. The van der Waals surface area contributed by atoms with Crippen LogP contribution in [-0.2, 0) is 6.54 Å². The summed E-state index contributed by atoms with van der Waals surface area (Å²) in [4.78, 5) is 30.6. The molecule has 8 heteroatoms.